The second-order valence-electron chi connectivity index (χ2n) is 31.3. The van der Waals surface area contributed by atoms with Gasteiger partial charge in [-0.1, -0.05) is 83.1 Å². The molecule has 4 aromatic carbocycles. The van der Waals surface area contributed by atoms with Crippen LogP contribution in [0.4, 0.5) is 0 Å². The predicted molar refractivity (Wildman–Crippen MR) is 391 cm³/mol. The molecule has 106 heavy (non-hydrogen) atoms. The van der Waals surface area contributed by atoms with Gasteiger partial charge in [-0.3, -0.25) is 96.3 Å². The molecule has 0 aliphatic carbocycles. The zero-order valence-electron chi connectivity index (χ0n) is 63.4. The Morgan fingerprint density at radius 3 is 0.726 bits per heavy atom. The first kappa shape index (κ1) is 79.8. The largest absolute Gasteiger partial charge is 0.343 e. The second kappa shape index (κ2) is 32.6. The quantitative estimate of drug-likeness (QED) is 0.0574. The number of rotatable bonds is 20. The maximum Gasteiger partial charge on any atom is 0.261 e. The van der Waals surface area contributed by atoms with Crippen LogP contribution in [-0.2, 0) is 38.4 Å². The number of amides is 16. The van der Waals surface area contributed by atoms with Gasteiger partial charge in [-0.05, 0) is 149 Å². The van der Waals surface area contributed by atoms with E-state index in [0.29, 0.717) is 0 Å². The van der Waals surface area contributed by atoms with E-state index in [9.17, 15) is 67.1 Å². The molecule has 0 unspecified atom stereocenters. The number of hydrogen-bond donors (Lipinski definition) is 6. The summed E-state index contributed by atoms with van der Waals surface area (Å²) in [6.07, 6.45) is -0.773. The summed E-state index contributed by atoms with van der Waals surface area (Å²) in [5.74, 6) is -12.9. The number of benzene rings is 4. The lowest BCUT2D eigenvalue weighted by molar-refractivity contribution is -0.143. The lowest BCUT2D eigenvalue weighted by Crippen LogP contribution is -2.61. The molecule has 9 rings (SSSR count). The number of carbonyl (C=O) groups excluding carboxylic acids is 16. The van der Waals surface area contributed by atoms with E-state index in [4.69, 9.17) is 0 Å². The third kappa shape index (κ3) is 16.4. The highest BCUT2D eigenvalue weighted by atomic mass is 16.2. The highest BCUT2D eigenvalue weighted by Gasteiger charge is 2.45. The van der Waals surface area contributed by atoms with Gasteiger partial charge in [0.2, 0.25) is 47.3 Å². The van der Waals surface area contributed by atoms with Crippen LogP contribution in [0.2, 0.25) is 0 Å². The van der Waals surface area contributed by atoms with Crippen LogP contribution in [0.3, 0.4) is 0 Å². The molecule has 5 aliphatic heterocycles. The molecule has 28 nitrogen and oxygen atoms in total. The van der Waals surface area contributed by atoms with E-state index in [1.807, 2.05) is 27.7 Å². The van der Waals surface area contributed by atoms with Crippen molar-refractivity contribution in [3.05, 3.63) is 93.0 Å². The zero-order chi connectivity index (χ0) is 78.1. The van der Waals surface area contributed by atoms with Crippen molar-refractivity contribution in [1.29, 1.82) is 0 Å². The number of carbonyl (C=O) groups is 16. The Morgan fingerprint density at radius 2 is 0.491 bits per heavy atom. The third-order valence-electron chi connectivity index (χ3n) is 20.2. The van der Waals surface area contributed by atoms with E-state index in [1.54, 1.807) is 55.4 Å². The van der Waals surface area contributed by atoms with Gasteiger partial charge in [0.1, 0.15) is 48.3 Å². The molecule has 568 valence electrons. The van der Waals surface area contributed by atoms with Crippen molar-refractivity contribution < 1.29 is 76.7 Å². The molecule has 0 spiro atoms. The van der Waals surface area contributed by atoms with Gasteiger partial charge >= 0.3 is 0 Å². The first-order chi connectivity index (χ1) is 49.8. The maximum atomic E-state index is 15.1. The normalized spacial score (nSPS) is 22.8. The van der Waals surface area contributed by atoms with Gasteiger partial charge < -0.3 is 41.7 Å². The molecular weight excluding hydrogens is 1360 g/mol. The summed E-state index contributed by atoms with van der Waals surface area (Å²) in [6.45, 7) is 24.3. The van der Waals surface area contributed by atoms with E-state index in [2.05, 4.69) is 31.9 Å². The molecule has 1 fully saturated rings. The lowest BCUT2D eigenvalue weighted by Gasteiger charge is -2.33. The number of nitrogens with zero attached hydrogens (tertiary/aromatic N) is 6. The summed E-state index contributed by atoms with van der Waals surface area (Å²) in [7, 11) is 2.67. The highest BCUT2D eigenvalue weighted by molar-refractivity contribution is 6.35. The summed E-state index contributed by atoms with van der Waals surface area (Å²) in [6, 6.07) is 0.421. The molecule has 0 bridgehead atoms. The molecule has 0 radical (unpaired) electrons. The first-order valence-electron chi connectivity index (χ1n) is 36.8. The Kier molecular flexibility index (Phi) is 24.6. The number of imide groups is 4. The van der Waals surface area contributed by atoms with Crippen LogP contribution in [0.15, 0.2) is 48.5 Å². The summed E-state index contributed by atoms with van der Waals surface area (Å²) in [5, 5.41) is 17.4. The van der Waals surface area contributed by atoms with Crippen molar-refractivity contribution in [2.45, 2.75) is 197 Å². The fraction of sp³-hybridized carbons (Fsp3) is 0.538. The monoisotopic (exact) mass is 1460 g/mol. The molecule has 8 atom stereocenters. The van der Waals surface area contributed by atoms with Gasteiger partial charge in [0.15, 0.2) is 0 Å². The first-order valence-corrected chi connectivity index (χ1v) is 36.8. The predicted octanol–water partition coefficient (Wildman–Crippen LogP) is 5.75. The Bertz CT molecular complexity index is 3900. The number of likely N-dealkylation sites (N-methyl/N-ethyl adjacent to an activating group) is 2. The second-order valence-corrected chi connectivity index (χ2v) is 31.3. The van der Waals surface area contributed by atoms with E-state index in [1.165, 1.54) is 76.5 Å². The van der Waals surface area contributed by atoms with Crippen LogP contribution in [0.1, 0.15) is 231 Å². The third-order valence-corrected chi connectivity index (χ3v) is 20.2. The van der Waals surface area contributed by atoms with Gasteiger partial charge in [0, 0.05) is 106 Å². The molecule has 0 aromatic heterocycles. The van der Waals surface area contributed by atoms with Crippen molar-refractivity contribution in [2.75, 3.05) is 40.3 Å². The van der Waals surface area contributed by atoms with Crippen molar-refractivity contribution in [2.24, 2.45) is 35.5 Å². The van der Waals surface area contributed by atoms with Crippen molar-refractivity contribution >= 4 is 116 Å². The van der Waals surface area contributed by atoms with Crippen LogP contribution < -0.4 is 31.9 Å². The zero-order valence-corrected chi connectivity index (χ0v) is 63.4. The number of nitrogens with one attached hydrogen (secondary N) is 6. The Morgan fingerprint density at radius 1 is 0.283 bits per heavy atom. The molecule has 5 heterocycles. The number of hydrogen-bond acceptors (Lipinski definition) is 16. The van der Waals surface area contributed by atoms with Gasteiger partial charge in [0.05, 0.1) is 0 Å². The molecular formula is C78H100N12O16. The minimum atomic E-state index is -1.52. The van der Waals surface area contributed by atoms with Crippen LogP contribution in [0.25, 0.3) is 21.5 Å². The minimum Gasteiger partial charge on any atom is -0.343 e. The van der Waals surface area contributed by atoms with Crippen LogP contribution in [0.5, 0.6) is 0 Å². The van der Waals surface area contributed by atoms with Crippen LogP contribution >= 0.6 is 0 Å². The smallest absolute Gasteiger partial charge is 0.261 e. The molecule has 6 N–H and O–H groups in total. The van der Waals surface area contributed by atoms with E-state index in [0.717, 1.165) is 29.4 Å². The van der Waals surface area contributed by atoms with Crippen molar-refractivity contribution in [1.82, 2.24) is 61.3 Å². The minimum absolute atomic E-state index is 0.00204. The van der Waals surface area contributed by atoms with Gasteiger partial charge in [0.25, 0.3) is 47.3 Å². The fourth-order valence-corrected chi connectivity index (χ4v) is 14.6. The summed E-state index contributed by atoms with van der Waals surface area (Å²) in [4.78, 5) is 238. The average molecular weight is 1460 g/mol. The van der Waals surface area contributed by atoms with Gasteiger partial charge in [-0.25, -0.2) is 0 Å². The standard InChI is InChI=1S/C78H100N12O16/c1-37(2)31-55-67(95)79-53(19-17-29-87-69(97)45-21-25-49-61-50(26-22-46(59(45)61)70(87)98)74(102)89(73(49)101)35-41(9)10)65(93)83-58(34-40(7)8)78(106)86(16)44(14)64(92)82-56(32-38(3)4)68(96)80-54(66(94)84-57(33-39(5)6)77(105)85(15)43(13)63(91)81-55)20-18-30-88-71(99)47-23-27-51-62-52(28-24-48(60(47)62)72(88)100)76(104)90(75(51)103)36-42(11)12/h21-28,37-44,53-58H,17-20,29-36H2,1-16H3,(H,79,95)(H,80,96)(H,81,91)(H,82,92)(H,83,93)(H,84,94)/t43-,44-,53-,54-,55+,56+,57+,58+/m0/s1. The SMILES string of the molecule is CC(C)C[C@H]1NC(=O)[C@H](C)N(C)C(=O)[C@@H](CC(C)C)NC(=O)[C@H](CCCN2C(=O)c3ccc4c5c(ccc(c35)C2=O)C(=O)N(CC(C)C)C4=O)NC(=O)[C@@H](CC(C)C)NC(=O)[C@H](C)N(C)C(=O)[C@@H](CC(C)C)NC(=O)[C@H](CCCN2C(=O)c3ccc4c5c(ccc(c35)C2=O)C(=O)N(CC(C)C)C4=O)NC1=O. The summed E-state index contributed by atoms with van der Waals surface area (Å²) < 4.78 is 0. The molecule has 5 aliphatic rings. The van der Waals surface area contributed by atoms with Gasteiger partial charge in [-0.15, -0.1) is 0 Å². The summed E-state index contributed by atoms with van der Waals surface area (Å²) in [5.41, 5.74) is 0.905. The Balaban J connectivity index is 0.998. The molecule has 4 aromatic rings. The topological polar surface area (TPSA) is 365 Å². The van der Waals surface area contributed by atoms with E-state index in [-0.39, 0.29) is 179 Å². The van der Waals surface area contributed by atoms with Crippen molar-refractivity contribution in [3.63, 3.8) is 0 Å². The average Bonchev–Trinajstić information content (AvgIpc) is 0.719. The highest BCUT2D eigenvalue weighted by Crippen LogP contribution is 2.40. The Hall–Kier alpha value is -10.3. The van der Waals surface area contributed by atoms with Gasteiger partial charge in [-0.2, -0.15) is 0 Å². The van der Waals surface area contributed by atoms with Crippen molar-refractivity contribution in [3.8, 4) is 0 Å². The maximum absolute atomic E-state index is 15.1. The fourth-order valence-electron chi connectivity index (χ4n) is 14.6. The molecule has 16 amide bonds. The van der Waals surface area contributed by atoms with Crippen LogP contribution in [-0.4, -0.2) is 213 Å². The Labute approximate surface area is 616 Å². The lowest BCUT2D eigenvalue weighted by atomic mass is 9.85. The van der Waals surface area contributed by atoms with E-state index < -0.39 is 143 Å². The molecule has 28 heteroatoms. The van der Waals surface area contributed by atoms with E-state index >= 15 is 9.59 Å². The summed E-state index contributed by atoms with van der Waals surface area (Å²) >= 11 is 0. The van der Waals surface area contributed by atoms with Crippen LogP contribution in [0, 0.1) is 35.5 Å². The molecule has 1 saturated heterocycles. The molecule has 0 saturated carbocycles.